The lowest BCUT2D eigenvalue weighted by Gasteiger charge is -2.30. The molecule has 1 N–H and O–H groups in total. The van der Waals surface area contributed by atoms with Crippen LogP contribution in [0, 0.1) is 0 Å². The van der Waals surface area contributed by atoms with Crippen LogP contribution in [0.3, 0.4) is 0 Å². The van der Waals surface area contributed by atoms with Crippen LogP contribution < -0.4 is 10.9 Å². The maximum absolute atomic E-state index is 12.2. The number of hydrogen-bond acceptors (Lipinski definition) is 7. The molecule has 1 unspecified atom stereocenters. The first-order chi connectivity index (χ1) is 12.1. The second kappa shape index (κ2) is 6.38. The Kier molecular flexibility index (Phi) is 4.06. The van der Waals surface area contributed by atoms with Gasteiger partial charge in [-0.25, -0.2) is 4.68 Å². The maximum atomic E-state index is 12.2. The second-order valence-electron chi connectivity index (χ2n) is 6.34. The van der Waals surface area contributed by atoms with Gasteiger partial charge in [0.2, 0.25) is 5.89 Å². The fourth-order valence-corrected chi connectivity index (χ4v) is 3.22. The van der Waals surface area contributed by atoms with Crippen molar-refractivity contribution in [3.8, 4) is 0 Å². The summed E-state index contributed by atoms with van der Waals surface area (Å²) < 4.78 is 6.80. The minimum Gasteiger partial charge on any atom is -0.339 e. The summed E-state index contributed by atoms with van der Waals surface area (Å²) in [6.45, 7) is 2.71. The van der Waals surface area contributed by atoms with E-state index in [1.165, 1.54) is 4.68 Å². The first-order valence-electron chi connectivity index (χ1n) is 8.32. The topological polar surface area (TPSA) is 89.1 Å². The molecule has 1 aliphatic rings. The van der Waals surface area contributed by atoms with Crippen LogP contribution in [0.4, 0.5) is 0 Å². The van der Waals surface area contributed by atoms with Crippen molar-refractivity contribution in [3.63, 3.8) is 0 Å². The normalized spacial score (nSPS) is 18.7. The van der Waals surface area contributed by atoms with E-state index in [1.807, 2.05) is 24.3 Å². The van der Waals surface area contributed by atoms with Gasteiger partial charge in [0.1, 0.15) is 0 Å². The third-order valence-electron chi connectivity index (χ3n) is 4.64. The lowest BCUT2D eigenvalue weighted by molar-refractivity contribution is 0.190. The van der Waals surface area contributed by atoms with Gasteiger partial charge in [0.05, 0.1) is 23.5 Å². The van der Waals surface area contributed by atoms with Crippen LogP contribution in [-0.4, -0.2) is 51.5 Å². The van der Waals surface area contributed by atoms with Crippen molar-refractivity contribution in [1.82, 2.24) is 30.1 Å². The summed E-state index contributed by atoms with van der Waals surface area (Å²) in [5.74, 6) is 1.18. The molecule has 130 valence electrons. The summed E-state index contributed by atoms with van der Waals surface area (Å²) in [6.07, 6.45) is 0.394. The summed E-state index contributed by atoms with van der Waals surface area (Å²) in [5, 5.41) is 13.3. The van der Waals surface area contributed by atoms with Crippen molar-refractivity contribution in [1.29, 1.82) is 0 Å². The smallest absolute Gasteiger partial charge is 0.274 e. The lowest BCUT2D eigenvalue weighted by Crippen LogP contribution is -2.44. The molecule has 3 aromatic rings. The van der Waals surface area contributed by atoms with Gasteiger partial charge in [-0.2, -0.15) is 10.1 Å². The Morgan fingerprint density at radius 3 is 2.88 bits per heavy atom. The number of benzene rings is 1. The zero-order chi connectivity index (χ0) is 17.4. The average molecular weight is 340 g/mol. The fraction of sp³-hybridized carbons (Fsp3) is 0.412. The SMILES string of the molecule is CN1CCNCC1c1noc(Cc2nn(C)c(=O)c3ccccc23)n1. The van der Waals surface area contributed by atoms with Crippen LogP contribution in [0.25, 0.3) is 10.8 Å². The van der Waals surface area contributed by atoms with Gasteiger partial charge in [-0.05, 0) is 13.1 Å². The van der Waals surface area contributed by atoms with E-state index in [-0.39, 0.29) is 11.6 Å². The van der Waals surface area contributed by atoms with Crippen LogP contribution >= 0.6 is 0 Å². The third kappa shape index (κ3) is 2.94. The van der Waals surface area contributed by atoms with E-state index < -0.39 is 0 Å². The predicted molar refractivity (Wildman–Crippen MR) is 92.3 cm³/mol. The molecule has 8 heteroatoms. The molecule has 1 saturated heterocycles. The third-order valence-corrected chi connectivity index (χ3v) is 4.64. The van der Waals surface area contributed by atoms with Crippen molar-refractivity contribution in [2.75, 3.05) is 26.7 Å². The largest absolute Gasteiger partial charge is 0.339 e. The van der Waals surface area contributed by atoms with Gasteiger partial charge in [0.15, 0.2) is 5.82 Å². The molecule has 0 aliphatic carbocycles. The quantitative estimate of drug-likeness (QED) is 0.742. The Bertz CT molecular complexity index is 963. The van der Waals surface area contributed by atoms with E-state index in [1.54, 1.807) is 7.05 Å². The van der Waals surface area contributed by atoms with Gasteiger partial charge < -0.3 is 9.84 Å². The summed E-state index contributed by atoms with van der Waals surface area (Å²) in [4.78, 5) is 19.0. The molecule has 1 aromatic carbocycles. The molecule has 0 bridgehead atoms. The molecule has 8 nitrogen and oxygen atoms in total. The van der Waals surface area contributed by atoms with Crippen LogP contribution in [0.15, 0.2) is 33.6 Å². The number of nitrogens with one attached hydrogen (secondary N) is 1. The molecule has 2 aromatic heterocycles. The Morgan fingerprint density at radius 1 is 1.28 bits per heavy atom. The standard InChI is InChI=1S/C17H20N6O2/c1-22-8-7-18-10-14(22)16-19-15(25-21-16)9-13-11-5-3-4-6-12(11)17(24)23(2)20-13/h3-6,14,18H,7-10H2,1-2H3. The minimum absolute atomic E-state index is 0.107. The zero-order valence-corrected chi connectivity index (χ0v) is 14.3. The van der Waals surface area contributed by atoms with E-state index in [0.717, 1.165) is 30.7 Å². The molecule has 3 heterocycles. The summed E-state index contributed by atoms with van der Waals surface area (Å²) in [6, 6.07) is 7.56. The number of fused-ring (bicyclic) bond motifs is 1. The van der Waals surface area contributed by atoms with E-state index in [2.05, 4.69) is 32.5 Å². The molecule has 0 saturated carbocycles. The van der Waals surface area contributed by atoms with E-state index in [4.69, 9.17) is 4.52 Å². The number of hydrogen-bond donors (Lipinski definition) is 1. The van der Waals surface area contributed by atoms with Crippen molar-refractivity contribution < 1.29 is 4.52 Å². The van der Waals surface area contributed by atoms with Crippen molar-refractivity contribution in [2.45, 2.75) is 12.5 Å². The number of rotatable bonds is 3. The van der Waals surface area contributed by atoms with Crippen LogP contribution in [0.5, 0.6) is 0 Å². The highest BCUT2D eigenvalue weighted by molar-refractivity contribution is 5.83. The molecule has 4 rings (SSSR count). The Labute approximate surface area is 144 Å². The highest BCUT2D eigenvalue weighted by atomic mass is 16.5. The first kappa shape index (κ1) is 15.9. The number of likely N-dealkylation sites (N-methyl/N-ethyl adjacent to an activating group) is 1. The van der Waals surface area contributed by atoms with Crippen molar-refractivity contribution in [3.05, 3.63) is 52.0 Å². The fourth-order valence-electron chi connectivity index (χ4n) is 3.22. The first-order valence-corrected chi connectivity index (χ1v) is 8.32. The minimum atomic E-state index is -0.111. The number of nitrogens with zero attached hydrogens (tertiary/aromatic N) is 5. The van der Waals surface area contributed by atoms with Crippen molar-refractivity contribution >= 4 is 10.8 Å². The second-order valence-corrected chi connectivity index (χ2v) is 6.34. The molecule has 1 atom stereocenters. The van der Waals surface area contributed by atoms with Gasteiger partial charge in [-0.1, -0.05) is 23.4 Å². The van der Waals surface area contributed by atoms with Gasteiger partial charge in [-0.15, -0.1) is 0 Å². The molecular formula is C17H20N6O2. The lowest BCUT2D eigenvalue weighted by atomic mass is 10.1. The molecule has 1 aliphatic heterocycles. The van der Waals surface area contributed by atoms with Crippen LogP contribution in [0.1, 0.15) is 23.5 Å². The molecule has 1 fully saturated rings. The molecule has 0 spiro atoms. The highest BCUT2D eigenvalue weighted by Gasteiger charge is 2.25. The van der Waals surface area contributed by atoms with E-state index in [0.29, 0.717) is 23.5 Å². The average Bonchev–Trinajstić information content (AvgIpc) is 3.08. The Morgan fingerprint density at radius 2 is 2.08 bits per heavy atom. The molecule has 0 radical (unpaired) electrons. The van der Waals surface area contributed by atoms with Crippen LogP contribution in [0.2, 0.25) is 0 Å². The van der Waals surface area contributed by atoms with Crippen molar-refractivity contribution in [2.24, 2.45) is 7.05 Å². The molecule has 25 heavy (non-hydrogen) atoms. The maximum Gasteiger partial charge on any atom is 0.274 e. The summed E-state index contributed by atoms with van der Waals surface area (Å²) in [5.41, 5.74) is 0.642. The highest BCUT2D eigenvalue weighted by Crippen LogP contribution is 2.20. The summed E-state index contributed by atoms with van der Waals surface area (Å²) in [7, 11) is 3.71. The number of piperazine rings is 1. The number of aryl methyl sites for hydroxylation is 1. The zero-order valence-electron chi connectivity index (χ0n) is 14.3. The molecule has 0 amide bonds. The Hall–Kier alpha value is -2.58. The predicted octanol–water partition coefficient (Wildman–Crippen LogP) is 0.483. The monoisotopic (exact) mass is 340 g/mol. The van der Waals surface area contributed by atoms with E-state index in [9.17, 15) is 4.79 Å². The van der Waals surface area contributed by atoms with E-state index >= 15 is 0 Å². The Balaban J connectivity index is 1.66. The van der Waals surface area contributed by atoms with Gasteiger partial charge in [0, 0.05) is 32.1 Å². The van der Waals surface area contributed by atoms with Gasteiger partial charge >= 0.3 is 0 Å². The van der Waals surface area contributed by atoms with Gasteiger partial charge in [-0.3, -0.25) is 9.69 Å². The summed E-state index contributed by atoms with van der Waals surface area (Å²) >= 11 is 0. The van der Waals surface area contributed by atoms with Gasteiger partial charge in [0.25, 0.3) is 5.56 Å². The van der Waals surface area contributed by atoms with Crippen LogP contribution in [-0.2, 0) is 13.5 Å². The molecular weight excluding hydrogens is 320 g/mol. The number of aromatic nitrogens is 4.